The fraction of sp³-hybridized carbons (Fsp3) is 0.583. The van der Waals surface area contributed by atoms with Gasteiger partial charge in [0.25, 0.3) is 0 Å². The minimum Gasteiger partial charge on any atom is -0.380 e. The molecular formula is C12H13F3N4O2S. The number of hydrogen-bond acceptors (Lipinski definition) is 7. The first-order valence-corrected chi connectivity index (χ1v) is 7.39. The van der Waals surface area contributed by atoms with E-state index in [0.717, 1.165) is 16.7 Å². The average Bonchev–Trinajstić information content (AvgIpc) is 3.15. The average molecular weight is 334 g/mol. The van der Waals surface area contributed by atoms with Crippen molar-refractivity contribution in [2.45, 2.75) is 31.7 Å². The quantitative estimate of drug-likeness (QED) is 0.860. The number of nitrogens with zero attached hydrogens (tertiary/aromatic N) is 4. The summed E-state index contributed by atoms with van der Waals surface area (Å²) in [6, 6.07) is -0.335. The van der Waals surface area contributed by atoms with Crippen molar-refractivity contribution < 1.29 is 22.4 Å². The molecule has 0 aromatic carbocycles. The molecule has 2 atom stereocenters. The zero-order valence-corrected chi connectivity index (χ0v) is 12.6. The second-order valence-corrected chi connectivity index (χ2v) is 5.79. The van der Waals surface area contributed by atoms with Crippen LogP contribution in [0.2, 0.25) is 0 Å². The summed E-state index contributed by atoms with van der Waals surface area (Å²) in [5, 5.41) is 5.01. The maximum absolute atomic E-state index is 12.7. The van der Waals surface area contributed by atoms with Gasteiger partial charge < -0.3 is 14.2 Å². The molecule has 0 spiro atoms. The van der Waals surface area contributed by atoms with E-state index in [9.17, 15) is 13.2 Å². The predicted molar refractivity (Wildman–Crippen MR) is 71.7 cm³/mol. The summed E-state index contributed by atoms with van der Waals surface area (Å²) in [5.74, 6) is 0.840. The number of anilines is 1. The number of ether oxygens (including phenoxy) is 1. The van der Waals surface area contributed by atoms with Crippen LogP contribution in [0.3, 0.4) is 0 Å². The van der Waals surface area contributed by atoms with Gasteiger partial charge >= 0.3 is 6.18 Å². The van der Waals surface area contributed by atoms with Crippen LogP contribution < -0.4 is 4.90 Å². The number of halogens is 3. The summed E-state index contributed by atoms with van der Waals surface area (Å²) in [5.41, 5.74) is -0.895. The van der Waals surface area contributed by atoms with Crippen LogP contribution in [0.1, 0.15) is 29.9 Å². The van der Waals surface area contributed by atoms with E-state index in [1.165, 1.54) is 0 Å². The molecule has 0 radical (unpaired) electrons. The SMILES string of the molecule is CO[C@@H]1C[C@H](c2nc(C)no2)N(c2nc(C(F)(F)F)cs2)C1. The lowest BCUT2D eigenvalue weighted by molar-refractivity contribution is -0.140. The Kier molecular flexibility index (Phi) is 3.81. The van der Waals surface area contributed by atoms with E-state index in [1.54, 1.807) is 18.9 Å². The second kappa shape index (κ2) is 5.51. The van der Waals surface area contributed by atoms with Gasteiger partial charge in [0, 0.05) is 25.5 Å². The lowest BCUT2D eigenvalue weighted by Gasteiger charge is -2.20. The minimum absolute atomic E-state index is 0.129. The molecule has 2 aromatic heterocycles. The Labute approximate surface area is 127 Å². The van der Waals surface area contributed by atoms with Crippen molar-refractivity contribution in [1.82, 2.24) is 15.1 Å². The maximum Gasteiger partial charge on any atom is 0.434 e. The zero-order valence-electron chi connectivity index (χ0n) is 11.8. The molecule has 0 unspecified atom stereocenters. The molecule has 0 aliphatic carbocycles. The predicted octanol–water partition coefficient (Wildman–Crippen LogP) is 2.82. The third kappa shape index (κ3) is 2.80. The molecule has 1 aliphatic heterocycles. The molecule has 1 saturated heterocycles. The topological polar surface area (TPSA) is 64.3 Å². The lowest BCUT2D eigenvalue weighted by atomic mass is 10.2. The molecular weight excluding hydrogens is 321 g/mol. The molecule has 10 heteroatoms. The summed E-state index contributed by atoms with van der Waals surface area (Å²) in [4.78, 5) is 9.58. The number of alkyl halides is 3. The van der Waals surface area contributed by atoms with E-state index in [1.807, 2.05) is 0 Å². The Bertz CT molecular complexity index is 657. The highest BCUT2D eigenvalue weighted by Gasteiger charge is 2.40. The summed E-state index contributed by atoms with van der Waals surface area (Å²) in [7, 11) is 1.56. The van der Waals surface area contributed by atoms with Gasteiger partial charge in [0.15, 0.2) is 16.6 Å². The minimum atomic E-state index is -4.45. The Morgan fingerprint density at radius 3 is 2.73 bits per heavy atom. The van der Waals surface area contributed by atoms with E-state index in [2.05, 4.69) is 15.1 Å². The second-order valence-electron chi connectivity index (χ2n) is 4.95. The molecule has 22 heavy (non-hydrogen) atoms. The van der Waals surface area contributed by atoms with Gasteiger partial charge in [-0.25, -0.2) is 4.98 Å². The largest absolute Gasteiger partial charge is 0.434 e. The van der Waals surface area contributed by atoms with Crippen molar-refractivity contribution in [2.75, 3.05) is 18.6 Å². The van der Waals surface area contributed by atoms with Gasteiger partial charge in [0.2, 0.25) is 5.89 Å². The van der Waals surface area contributed by atoms with Crippen LogP contribution >= 0.6 is 11.3 Å². The van der Waals surface area contributed by atoms with Crippen molar-refractivity contribution in [1.29, 1.82) is 0 Å². The molecule has 120 valence electrons. The van der Waals surface area contributed by atoms with Crippen LogP contribution in [0.25, 0.3) is 0 Å². The Hall–Kier alpha value is -1.68. The van der Waals surface area contributed by atoms with Crippen molar-refractivity contribution >= 4 is 16.5 Å². The Morgan fingerprint density at radius 2 is 2.18 bits per heavy atom. The fourth-order valence-electron chi connectivity index (χ4n) is 2.39. The third-order valence-corrected chi connectivity index (χ3v) is 4.33. The molecule has 0 bridgehead atoms. The van der Waals surface area contributed by atoms with Crippen LogP contribution in [0.5, 0.6) is 0 Å². The fourth-order valence-corrected chi connectivity index (χ4v) is 3.28. The van der Waals surface area contributed by atoms with Gasteiger partial charge in [0.05, 0.1) is 6.10 Å². The molecule has 3 rings (SSSR count). The summed E-state index contributed by atoms with van der Waals surface area (Å²) in [6.45, 7) is 2.11. The lowest BCUT2D eigenvalue weighted by Crippen LogP contribution is -2.25. The normalized spacial score (nSPS) is 22.5. The van der Waals surface area contributed by atoms with E-state index in [4.69, 9.17) is 9.26 Å². The third-order valence-electron chi connectivity index (χ3n) is 3.45. The molecule has 1 fully saturated rings. The van der Waals surface area contributed by atoms with Gasteiger partial charge in [-0.3, -0.25) is 0 Å². The highest BCUT2D eigenvalue weighted by molar-refractivity contribution is 7.13. The van der Waals surface area contributed by atoms with Crippen LogP contribution in [0, 0.1) is 6.92 Å². The van der Waals surface area contributed by atoms with Crippen molar-refractivity contribution in [2.24, 2.45) is 0 Å². The van der Waals surface area contributed by atoms with E-state index < -0.39 is 11.9 Å². The summed E-state index contributed by atoms with van der Waals surface area (Å²) in [6.07, 6.45) is -4.03. The molecule has 0 N–H and O–H groups in total. The molecule has 0 amide bonds. The van der Waals surface area contributed by atoms with E-state index in [-0.39, 0.29) is 17.3 Å². The molecule has 1 aliphatic rings. The molecule has 2 aromatic rings. The molecule has 6 nitrogen and oxygen atoms in total. The van der Waals surface area contributed by atoms with E-state index in [0.29, 0.717) is 24.7 Å². The van der Waals surface area contributed by atoms with Crippen LogP contribution in [-0.2, 0) is 10.9 Å². The highest BCUT2D eigenvalue weighted by Crippen LogP contribution is 2.40. The van der Waals surface area contributed by atoms with Crippen LogP contribution in [0.15, 0.2) is 9.90 Å². The first-order valence-electron chi connectivity index (χ1n) is 6.51. The Balaban J connectivity index is 1.91. The van der Waals surface area contributed by atoms with Crippen LogP contribution in [0.4, 0.5) is 18.3 Å². The first-order chi connectivity index (χ1) is 10.4. The van der Waals surface area contributed by atoms with Crippen molar-refractivity contribution in [3.63, 3.8) is 0 Å². The number of hydrogen-bond donors (Lipinski definition) is 0. The van der Waals surface area contributed by atoms with E-state index >= 15 is 0 Å². The van der Waals surface area contributed by atoms with Gasteiger partial charge in [-0.2, -0.15) is 18.2 Å². The number of aromatic nitrogens is 3. The summed E-state index contributed by atoms with van der Waals surface area (Å²) >= 11 is 0.941. The Morgan fingerprint density at radius 1 is 1.41 bits per heavy atom. The number of rotatable bonds is 3. The molecule has 3 heterocycles. The number of aryl methyl sites for hydroxylation is 1. The van der Waals surface area contributed by atoms with Crippen molar-refractivity contribution in [3.05, 3.63) is 22.8 Å². The standard InChI is InChI=1S/C12H13F3N4O2S/c1-6-16-10(21-18-6)8-3-7(20-2)4-19(8)11-17-9(5-22-11)12(13,14)15/h5,7-8H,3-4H2,1-2H3/t7-,8-/m1/s1. The van der Waals surface area contributed by atoms with Gasteiger partial charge in [0.1, 0.15) is 6.04 Å². The molecule has 0 saturated carbocycles. The van der Waals surface area contributed by atoms with Crippen LogP contribution in [-0.4, -0.2) is 34.9 Å². The van der Waals surface area contributed by atoms with Gasteiger partial charge in [-0.1, -0.05) is 5.16 Å². The summed E-state index contributed by atoms with van der Waals surface area (Å²) < 4.78 is 48.6. The van der Waals surface area contributed by atoms with Gasteiger partial charge in [-0.05, 0) is 6.92 Å². The number of thiazole rings is 1. The monoisotopic (exact) mass is 334 g/mol. The zero-order chi connectivity index (χ0) is 15.9. The smallest absolute Gasteiger partial charge is 0.380 e. The first kappa shape index (κ1) is 15.2. The van der Waals surface area contributed by atoms with Gasteiger partial charge in [-0.15, -0.1) is 11.3 Å². The maximum atomic E-state index is 12.7. The van der Waals surface area contributed by atoms with Crippen molar-refractivity contribution in [3.8, 4) is 0 Å². The number of methoxy groups -OCH3 is 1. The highest BCUT2D eigenvalue weighted by atomic mass is 32.1.